The van der Waals surface area contributed by atoms with E-state index in [0.29, 0.717) is 0 Å². The fourth-order valence-electron chi connectivity index (χ4n) is 1.29. The van der Waals surface area contributed by atoms with E-state index in [9.17, 15) is 13.6 Å². The molecule has 0 aliphatic heterocycles. The number of nitrogens with one attached hydrogen (secondary N) is 1. The van der Waals surface area contributed by atoms with Crippen LogP contribution in [0.4, 0.5) is 14.5 Å². The molecule has 0 aliphatic rings. The van der Waals surface area contributed by atoms with Crippen molar-refractivity contribution >= 4 is 11.7 Å². The Morgan fingerprint density at radius 2 is 2.11 bits per heavy atom. The molecule has 0 fully saturated rings. The highest BCUT2D eigenvalue weighted by molar-refractivity contribution is 5.82. The SMILES string of the molecule is C=CC(Nc1ccccc1OC(F)F)C(=O)OC. The van der Waals surface area contributed by atoms with Gasteiger partial charge in [-0.3, -0.25) is 0 Å². The van der Waals surface area contributed by atoms with Crippen LogP contribution >= 0.6 is 0 Å². The van der Waals surface area contributed by atoms with Gasteiger partial charge in [0.05, 0.1) is 12.8 Å². The normalized spacial score (nSPS) is 11.8. The van der Waals surface area contributed by atoms with Crippen molar-refractivity contribution in [1.29, 1.82) is 0 Å². The van der Waals surface area contributed by atoms with Gasteiger partial charge >= 0.3 is 12.6 Å². The van der Waals surface area contributed by atoms with Gasteiger partial charge in [0.25, 0.3) is 0 Å². The van der Waals surface area contributed by atoms with Gasteiger partial charge in [-0.1, -0.05) is 18.2 Å². The lowest BCUT2D eigenvalue weighted by Gasteiger charge is -2.16. The third-order valence-electron chi connectivity index (χ3n) is 2.10. The molecule has 4 nitrogen and oxygen atoms in total. The van der Waals surface area contributed by atoms with E-state index < -0.39 is 18.6 Å². The Kier molecular flexibility index (Phi) is 5.10. The molecule has 18 heavy (non-hydrogen) atoms. The molecule has 1 unspecified atom stereocenters. The van der Waals surface area contributed by atoms with Crippen molar-refractivity contribution in [3.05, 3.63) is 36.9 Å². The second-order valence-corrected chi connectivity index (χ2v) is 3.26. The predicted octanol–water partition coefficient (Wildman–Crippen LogP) is 2.43. The fourth-order valence-corrected chi connectivity index (χ4v) is 1.29. The van der Waals surface area contributed by atoms with Gasteiger partial charge < -0.3 is 14.8 Å². The zero-order chi connectivity index (χ0) is 13.5. The molecular formula is C12H13F2NO3. The Balaban J connectivity index is 2.88. The van der Waals surface area contributed by atoms with Crippen LogP contribution in [0.2, 0.25) is 0 Å². The molecule has 0 amide bonds. The number of hydrogen-bond donors (Lipinski definition) is 1. The first-order valence-corrected chi connectivity index (χ1v) is 5.09. The van der Waals surface area contributed by atoms with Crippen LogP contribution in [0.5, 0.6) is 5.75 Å². The zero-order valence-electron chi connectivity index (χ0n) is 9.73. The number of para-hydroxylation sites is 2. The first-order chi connectivity index (χ1) is 8.58. The van der Waals surface area contributed by atoms with Gasteiger partial charge in [-0.2, -0.15) is 8.78 Å². The average molecular weight is 257 g/mol. The van der Waals surface area contributed by atoms with E-state index in [1.807, 2.05) is 0 Å². The summed E-state index contributed by atoms with van der Waals surface area (Å²) in [4.78, 5) is 11.3. The summed E-state index contributed by atoms with van der Waals surface area (Å²) in [6.45, 7) is 0.528. The maximum absolute atomic E-state index is 12.2. The highest BCUT2D eigenvalue weighted by atomic mass is 19.3. The molecule has 1 aromatic rings. The number of rotatable bonds is 6. The zero-order valence-corrected chi connectivity index (χ0v) is 9.73. The topological polar surface area (TPSA) is 47.6 Å². The fraction of sp³-hybridized carbons (Fsp3) is 0.250. The monoisotopic (exact) mass is 257 g/mol. The Bertz CT molecular complexity index is 424. The summed E-state index contributed by atoms with van der Waals surface area (Å²) in [7, 11) is 1.22. The van der Waals surface area contributed by atoms with E-state index in [-0.39, 0.29) is 11.4 Å². The molecule has 0 saturated carbocycles. The van der Waals surface area contributed by atoms with Crippen LogP contribution in [0.25, 0.3) is 0 Å². The lowest BCUT2D eigenvalue weighted by atomic mass is 10.2. The highest BCUT2D eigenvalue weighted by Gasteiger charge is 2.17. The number of benzene rings is 1. The number of carbonyl (C=O) groups is 1. The Morgan fingerprint density at radius 1 is 1.44 bits per heavy atom. The van der Waals surface area contributed by atoms with Gasteiger partial charge in [0.2, 0.25) is 0 Å². The molecular weight excluding hydrogens is 244 g/mol. The third kappa shape index (κ3) is 3.73. The second kappa shape index (κ2) is 6.58. The van der Waals surface area contributed by atoms with Crippen LogP contribution in [0.1, 0.15) is 0 Å². The van der Waals surface area contributed by atoms with E-state index in [4.69, 9.17) is 0 Å². The standard InChI is InChI=1S/C12H13F2NO3/c1-3-8(11(16)17-2)15-9-6-4-5-7-10(9)18-12(13)14/h3-8,12,15H,1H2,2H3. The number of esters is 1. The summed E-state index contributed by atoms with van der Waals surface area (Å²) in [5.74, 6) is -0.625. The molecule has 1 aromatic carbocycles. The largest absolute Gasteiger partial charge is 0.467 e. The predicted molar refractivity (Wildman–Crippen MR) is 62.7 cm³/mol. The minimum atomic E-state index is -2.94. The minimum Gasteiger partial charge on any atom is -0.467 e. The van der Waals surface area contributed by atoms with Gasteiger partial charge in [-0.25, -0.2) is 4.79 Å². The first-order valence-electron chi connectivity index (χ1n) is 5.09. The molecule has 0 aromatic heterocycles. The summed E-state index contributed by atoms with van der Waals surface area (Å²) < 4.78 is 33.2. The van der Waals surface area contributed by atoms with E-state index >= 15 is 0 Å². The van der Waals surface area contributed by atoms with E-state index in [0.717, 1.165) is 0 Å². The minimum absolute atomic E-state index is 0.0525. The van der Waals surface area contributed by atoms with Gasteiger partial charge in [-0.05, 0) is 12.1 Å². The number of alkyl halides is 2. The van der Waals surface area contributed by atoms with Gasteiger partial charge in [0.1, 0.15) is 11.8 Å². The van der Waals surface area contributed by atoms with Gasteiger partial charge in [0.15, 0.2) is 0 Å². The molecule has 0 aliphatic carbocycles. The van der Waals surface area contributed by atoms with Crippen LogP contribution in [0, 0.1) is 0 Å². The number of hydrogen-bond acceptors (Lipinski definition) is 4. The van der Waals surface area contributed by atoms with Gasteiger partial charge in [-0.15, -0.1) is 6.58 Å². The number of ether oxygens (including phenoxy) is 2. The average Bonchev–Trinajstić information content (AvgIpc) is 2.36. The number of halogens is 2. The summed E-state index contributed by atoms with van der Waals surface area (Å²) in [5, 5.41) is 2.70. The summed E-state index contributed by atoms with van der Waals surface area (Å²) >= 11 is 0. The van der Waals surface area contributed by atoms with Crippen molar-refractivity contribution < 1.29 is 23.0 Å². The lowest BCUT2D eigenvalue weighted by Crippen LogP contribution is -2.28. The number of methoxy groups -OCH3 is 1. The van der Waals surface area contributed by atoms with Crippen molar-refractivity contribution in [3.63, 3.8) is 0 Å². The van der Waals surface area contributed by atoms with Crippen molar-refractivity contribution in [3.8, 4) is 5.75 Å². The van der Waals surface area contributed by atoms with Crippen LogP contribution in [-0.4, -0.2) is 25.7 Å². The lowest BCUT2D eigenvalue weighted by molar-refractivity contribution is -0.140. The summed E-state index contributed by atoms with van der Waals surface area (Å²) in [6.07, 6.45) is 1.31. The number of anilines is 1. The highest BCUT2D eigenvalue weighted by Crippen LogP contribution is 2.26. The molecule has 0 radical (unpaired) electrons. The van der Waals surface area contributed by atoms with E-state index in [2.05, 4.69) is 21.4 Å². The van der Waals surface area contributed by atoms with Gasteiger partial charge in [0, 0.05) is 0 Å². The Hall–Kier alpha value is -2.11. The molecule has 0 bridgehead atoms. The van der Waals surface area contributed by atoms with E-state index in [1.165, 1.54) is 25.3 Å². The molecule has 1 N–H and O–H groups in total. The van der Waals surface area contributed by atoms with Crippen LogP contribution in [0.15, 0.2) is 36.9 Å². The molecule has 1 rings (SSSR count). The smallest absolute Gasteiger partial charge is 0.387 e. The van der Waals surface area contributed by atoms with Crippen LogP contribution < -0.4 is 10.1 Å². The van der Waals surface area contributed by atoms with Crippen molar-refractivity contribution in [1.82, 2.24) is 0 Å². The quantitative estimate of drug-likeness (QED) is 0.628. The second-order valence-electron chi connectivity index (χ2n) is 3.26. The Labute approximate surface area is 103 Å². The maximum atomic E-state index is 12.2. The van der Waals surface area contributed by atoms with Crippen LogP contribution in [0.3, 0.4) is 0 Å². The summed E-state index contributed by atoms with van der Waals surface area (Å²) in [6, 6.07) is 5.21. The molecule has 6 heteroatoms. The Morgan fingerprint density at radius 3 is 2.67 bits per heavy atom. The van der Waals surface area contributed by atoms with E-state index in [1.54, 1.807) is 12.1 Å². The number of carbonyl (C=O) groups excluding carboxylic acids is 1. The van der Waals surface area contributed by atoms with Crippen LogP contribution in [-0.2, 0) is 9.53 Å². The van der Waals surface area contributed by atoms with Crippen molar-refractivity contribution in [2.24, 2.45) is 0 Å². The molecule has 0 spiro atoms. The molecule has 0 saturated heterocycles. The molecule has 0 heterocycles. The van der Waals surface area contributed by atoms with Crippen molar-refractivity contribution in [2.45, 2.75) is 12.7 Å². The third-order valence-corrected chi connectivity index (χ3v) is 2.10. The first kappa shape index (κ1) is 14.0. The maximum Gasteiger partial charge on any atom is 0.387 e. The van der Waals surface area contributed by atoms with Crippen molar-refractivity contribution in [2.75, 3.05) is 12.4 Å². The summed E-state index contributed by atoms with van der Waals surface area (Å²) in [5.41, 5.74) is 0.258. The molecule has 98 valence electrons. The molecule has 1 atom stereocenters.